The van der Waals surface area contributed by atoms with Crippen LogP contribution in [0.15, 0.2) is 16.6 Å². The fourth-order valence-electron chi connectivity index (χ4n) is 1.82. The van der Waals surface area contributed by atoms with Gasteiger partial charge in [0.25, 0.3) is 0 Å². The van der Waals surface area contributed by atoms with Crippen molar-refractivity contribution >= 4 is 50.7 Å². The largest absolute Gasteiger partial charge is 0.311 e. The lowest BCUT2D eigenvalue weighted by atomic mass is 10.2. The van der Waals surface area contributed by atoms with Crippen LogP contribution < -0.4 is 4.90 Å². The first-order valence-electron chi connectivity index (χ1n) is 4.89. The van der Waals surface area contributed by atoms with Gasteiger partial charge >= 0.3 is 0 Å². The number of amides is 1. The van der Waals surface area contributed by atoms with E-state index in [0.29, 0.717) is 18.0 Å². The molecule has 0 aliphatic carbocycles. The number of aryl methyl sites for hydroxylation is 1. The van der Waals surface area contributed by atoms with Crippen LogP contribution in [-0.4, -0.2) is 17.8 Å². The molecule has 1 aromatic carbocycles. The zero-order chi connectivity index (χ0) is 11.9. The van der Waals surface area contributed by atoms with E-state index in [1.54, 1.807) is 11.0 Å². The molecule has 16 heavy (non-hydrogen) atoms. The first kappa shape index (κ1) is 12.2. The van der Waals surface area contributed by atoms with Crippen LogP contribution in [0, 0.1) is 6.92 Å². The van der Waals surface area contributed by atoms with E-state index in [4.69, 9.17) is 23.2 Å². The summed E-state index contributed by atoms with van der Waals surface area (Å²) in [6, 6.07) is 3.71. The molecule has 1 saturated heterocycles. The van der Waals surface area contributed by atoms with Crippen molar-refractivity contribution in [3.05, 3.63) is 27.2 Å². The van der Waals surface area contributed by atoms with E-state index in [1.165, 1.54) is 0 Å². The van der Waals surface area contributed by atoms with Gasteiger partial charge in [-0.1, -0.05) is 11.6 Å². The summed E-state index contributed by atoms with van der Waals surface area (Å²) in [5.41, 5.74) is 1.86. The van der Waals surface area contributed by atoms with Crippen LogP contribution in [0.3, 0.4) is 0 Å². The molecule has 1 fully saturated rings. The quantitative estimate of drug-likeness (QED) is 0.721. The topological polar surface area (TPSA) is 20.3 Å². The maximum atomic E-state index is 11.7. The molecular weight excluding hydrogens is 313 g/mol. The van der Waals surface area contributed by atoms with Gasteiger partial charge < -0.3 is 4.90 Å². The standard InChI is InChI=1S/C11H10BrCl2NO/c1-6-2-8(12)9(14)4-10(6)15-5-7(13)3-11(15)16/h2,4,7H,3,5H2,1H3. The Labute approximate surface area is 113 Å². The third-order valence-corrected chi connectivity index (χ3v) is 4.10. The van der Waals surface area contributed by atoms with Crippen molar-refractivity contribution in [1.82, 2.24) is 0 Å². The van der Waals surface area contributed by atoms with Gasteiger partial charge in [-0.25, -0.2) is 0 Å². The first-order chi connectivity index (χ1) is 7.49. The Hall–Kier alpha value is -0.250. The number of rotatable bonds is 1. The molecule has 2 rings (SSSR count). The number of carbonyl (C=O) groups is 1. The van der Waals surface area contributed by atoms with Gasteiger partial charge in [-0.05, 0) is 40.5 Å². The molecule has 1 unspecified atom stereocenters. The predicted molar refractivity (Wildman–Crippen MR) is 70.5 cm³/mol. The van der Waals surface area contributed by atoms with E-state index in [9.17, 15) is 4.79 Å². The lowest BCUT2D eigenvalue weighted by Crippen LogP contribution is -2.25. The number of alkyl halides is 1. The van der Waals surface area contributed by atoms with Crippen molar-refractivity contribution in [2.75, 3.05) is 11.4 Å². The van der Waals surface area contributed by atoms with Gasteiger partial charge in [0, 0.05) is 23.1 Å². The molecule has 5 heteroatoms. The number of anilines is 1. The average Bonchev–Trinajstić information content (AvgIpc) is 2.51. The van der Waals surface area contributed by atoms with Crippen LogP contribution in [-0.2, 0) is 4.79 Å². The smallest absolute Gasteiger partial charge is 0.228 e. The van der Waals surface area contributed by atoms with Crippen LogP contribution in [0.1, 0.15) is 12.0 Å². The molecule has 0 spiro atoms. The lowest BCUT2D eigenvalue weighted by Gasteiger charge is -2.19. The Balaban J connectivity index is 2.41. The predicted octanol–water partition coefficient (Wildman–Crippen LogP) is 3.76. The Morgan fingerprint density at radius 1 is 1.50 bits per heavy atom. The SMILES string of the molecule is Cc1cc(Br)c(Cl)cc1N1CC(Cl)CC1=O. The highest BCUT2D eigenvalue weighted by molar-refractivity contribution is 9.10. The molecule has 0 bridgehead atoms. The third kappa shape index (κ3) is 2.22. The van der Waals surface area contributed by atoms with Gasteiger partial charge in [0.2, 0.25) is 5.91 Å². The minimum absolute atomic E-state index is 0.0569. The Morgan fingerprint density at radius 3 is 2.75 bits per heavy atom. The van der Waals surface area contributed by atoms with E-state index >= 15 is 0 Å². The molecule has 1 aliphatic rings. The van der Waals surface area contributed by atoms with Crippen molar-refractivity contribution < 1.29 is 4.79 Å². The lowest BCUT2D eigenvalue weighted by molar-refractivity contribution is -0.117. The number of benzene rings is 1. The molecular formula is C11H10BrCl2NO. The fourth-order valence-corrected chi connectivity index (χ4v) is 2.71. The summed E-state index contributed by atoms with van der Waals surface area (Å²) < 4.78 is 0.837. The van der Waals surface area contributed by atoms with Gasteiger partial charge in [0.15, 0.2) is 0 Å². The first-order valence-corrected chi connectivity index (χ1v) is 6.50. The van der Waals surface area contributed by atoms with Gasteiger partial charge in [-0.2, -0.15) is 0 Å². The van der Waals surface area contributed by atoms with Crippen molar-refractivity contribution in [2.24, 2.45) is 0 Å². The molecule has 1 aliphatic heterocycles. The summed E-state index contributed by atoms with van der Waals surface area (Å²) in [4.78, 5) is 13.4. The number of carbonyl (C=O) groups excluding carboxylic acids is 1. The van der Waals surface area contributed by atoms with Crippen LogP contribution >= 0.6 is 39.1 Å². The fraction of sp³-hybridized carbons (Fsp3) is 0.364. The third-order valence-electron chi connectivity index (χ3n) is 2.61. The highest BCUT2D eigenvalue weighted by Crippen LogP contribution is 2.33. The maximum Gasteiger partial charge on any atom is 0.228 e. The van der Waals surface area contributed by atoms with E-state index in [0.717, 1.165) is 15.7 Å². The molecule has 0 radical (unpaired) electrons. The summed E-state index contributed by atoms with van der Waals surface area (Å²) in [6.07, 6.45) is 0.397. The summed E-state index contributed by atoms with van der Waals surface area (Å²) in [6.45, 7) is 2.50. The van der Waals surface area contributed by atoms with Crippen molar-refractivity contribution in [3.63, 3.8) is 0 Å². The van der Waals surface area contributed by atoms with E-state index in [1.807, 2.05) is 13.0 Å². The molecule has 0 N–H and O–H groups in total. The van der Waals surface area contributed by atoms with E-state index < -0.39 is 0 Å². The number of halogens is 3. The molecule has 1 atom stereocenters. The summed E-state index contributed by atoms with van der Waals surface area (Å²) in [5.74, 6) is 0.0569. The summed E-state index contributed by atoms with van der Waals surface area (Å²) in [7, 11) is 0. The minimum atomic E-state index is -0.102. The molecule has 0 aromatic heterocycles. The maximum absolute atomic E-state index is 11.7. The molecule has 1 amide bonds. The van der Waals surface area contributed by atoms with Crippen LogP contribution in [0.4, 0.5) is 5.69 Å². The summed E-state index contributed by atoms with van der Waals surface area (Å²) in [5, 5.41) is 0.501. The second-order valence-corrected chi connectivity index (χ2v) is 5.74. The number of nitrogens with zero attached hydrogens (tertiary/aromatic N) is 1. The Bertz CT molecular complexity index is 450. The zero-order valence-electron chi connectivity index (χ0n) is 8.64. The van der Waals surface area contributed by atoms with Crippen LogP contribution in [0.5, 0.6) is 0 Å². The molecule has 1 heterocycles. The molecule has 86 valence electrons. The van der Waals surface area contributed by atoms with Crippen molar-refractivity contribution in [1.29, 1.82) is 0 Å². The van der Waals surface area contributed by atoms with Gasteiger partial charge in [-0.15, -0.1) is 11.6 Å². The molecule has 1 aromatic rings. The zero-order valence-corrected chi connectivity index (χ0v) is 11.7. The number of hydrogen-bond donors (Lipinski definition) is 0. The number of hydrogen-bond acceptors (Lipinski definition) is 1. The van der Waals surface area contributed by atoms with Crippen LogP contribution in [0.2, 0.25) is 5.02 Å². The Kier molecular flexibility index (Phi) is 3.48. The van der Waals surface area contributed by atoms with Crippen LogP contribution in [0.25, 0.3) is 0 Å². The highest BCUT2D eigenvalue weighted by Gasteiger charge is 2.30. The van der Waals surface area contributed by atoms with E-state index in [-0.39, 0.29) is 11.3 Å². The van der Waals surface area contributed by atoms with Crippen molar-refractivity contribution in [2.45, 2.75) is 18.7 Å². The minimum Gasteiger partial charge on any atom is -0.311 e. The molecule has 2 nitrogen and oxygen atoms in total. The second-order valence-electron chi connectivity index (χ2n) is 3.86. The highest BCUT2D eigenvalue weighted by atomic mass is 79.9. The average molecular weight is 323 g/mol. The summed E-state index contributed by atoms with van der Waals surface area (Å²) >= 11 is 15.4. The van der Waals surface area contributed by atoms with Gasteiger partial charge in [0.05, 0.1) is 10.4 Å². The Morgan fingerprint density at radius 2 is 2.19 bits per heavy atom. The van der Waals surface area contributed by atoms with E-state index in [2.05, 4.69) is 15.9 Å². The van der Waals surface area contributed by atoms with Gasteiger partial charge in [-0.3, -0.25) is 4.79 Å². The molecule has 0 saturated carbocycles. The normalized spacial score (nSPS) is 20.6. The van der Waals surface area contributed by atoms with Crippen molar-refractivity contribution in [3.8, 4) is 0 Å². The second kappa shape index (κ2) is 4.55. The monoisotopic (exact) mass is 321 g/mol. The van der Waals surface area contributed by atoms with Gasteiger partial charge in [0.1, 0.15) is 0 Å².